The molecule has 1 amide bonds. The topological polar surface area (TPSA) is 72.7 Å². The Kier molecular flexibility index (Phi) is 7.28. The molecule has 1 N–H and O–H groups in total. The molecule has 0 aliphatic carbocycles. The van der Waals surface area contributed by atoms with E-state index in [1.807, 2.05) is 30.3 Å². The number of rotatable bonds is 9. The monoisotopic (exact) mass is 495 g/mol. The zero-order valence-electron chi connectivity index (χ0n) is 20.5. The van der Waals surface area contributed by atoms with E-state index < -0.39 is 0 Å². The number of benzene rings is 3. The number of hydrogen-bond donors (Lipinski definition) is 1. The fourth-order valence-electron chi connectivity index (χ4n) is 4.32. The Morgan fingerprint density at radius 3 is 2.50 bits per heavy atom. The highest BCUT2D eigenvalue weighted by Gasteiger charge is 2.15. The highest BCUT2D eigenvalue weighted by Crippen LogP contribution is 2.28. The van der Waals surface area contributed by atoms with Crippen LogP contribution in [0.2, 0.25) is 0 Å². The summed E-state index contributed by atoms with van der Waals surface area (Å²) in [5.74, 6) is 0.627. The van der Waals surface area contributed by atoms with Crippen molar-refractivity contribution in [3.05, 3.63) is 90.0 Å². The summed E-state index contributed by atoms with van der Waals surface area (Å²) in [5.41, 5.74) is 6.02. The first-order valence-electron chi connectivity index (χ1n) is 12.3. The molecule has 5 aromatic rings. The number of carbonyl (C=O) groups excluding carboxylic acids is 1. The zero-order valence-corrected chi connectivity index (χ0v) is 21.3. The van der Waals surface area contributed by atoms with Crippen molar-refractivity contribution in [1.29, 1.82) is 0 Å². The number of aryl methyl sites for hydroxylation is 2. The molecular formula is C29H29N5OS. The highest BCUT2D eigenvalue weighted by atomic mass is 32.2. The molecule has 182 valence electrons. The molecule has 36 heavy (non-hydrogen) atoms. The van der Waals surface area contributed by atoms with Crippen molar-refractivity contribution in [1.82, 2.24) is 19.7 Å². The third kappa shape index (κ3) is 5.26. The fraction of sp³-hybridized carbons (Fsp3) is 0.241. The van der Waals surface area contributed by atoms with Crippen molar-refractivity contribution in [3.8, 4) is 0 Å². The molecule has 0 radical (unpaired) electrons. The summed E-state index contributed by atoms with van der Waals surface area (Å²) in [7, 11) is 0. The van der Waals surface area contributed by atoms with Gasteiger partial charge in [0, 0.05) is 17.6 Å². The quantitative estimate of drug-likeness (QED) is 0.237. The molecule has 3 aromatic carbocycles. The number of para-hydroxylation sites is 1. The number of aromatic nitrogens is 4. The number of anilines is 1. The Hall–Kier alpha value is -3.71. The van der Waals surface area contributed by atoms with Gasteiger partial charge in [-0.3, -0.25) is 4.79 Å². The second-order valence-electron chi connectivity index (χ2n) is 8.94. The first-order chi connectivity index (χ1) is 17.6. The molecule has 0 unspecified atom stereocenters. The van der Waals surface area contributed by atoms with Crippen LogP contribution in [0.15, 0.2) is 84.0 Å². The number of hydrogen-bond acceptors (Lipinski definition) is 5. The van der Waals surface area contributed by atoms with Gasteiger partial charge in [-0.1, -0.05) is 86.3 Å². The molecule has 6 nitrogen and oxygen atoms in total. The maximum Gasteiger partial charge on any atom is 0.234 e. The molecule has 0 aliphatic rings. The van der Waals surface area contributed by atoms with Gasteiger partial charge < -0.3 is 9.88 Å². The van der Waals surface area contributed by atoms with Gasteiger partial charge in [0.1, 0.15) is 5.52 Å². The van der Waals surface area contributed by atoms with Crippen LogP contribution in [0.1, 0.15) is 37.3 Å². The van der Waals surface area contributed by atoms with Crippen LogP contribution in [0.5, 0.6) is 0 Å². The maximum atomic E-state index is 12.6. The Labute approximate surface area is 215 Å². The van der Waals surface area contributed by atoms with Gasteiger partial charge in [0.25, 0.3) is 0 Å². The summed E-state index contributed by atoms with van der Waals surface area (Å²) in [6.07, 6.45) is 1.98. The van der Waals surface area contributed by atoms with Gasteiger partial charge in [-0.05, 0) is 48.1 Å². The highest BCUT2D eigenvalue weighted by molar-refractivity contribution is 7.99. The SMILES string of the molecule is CC[C@H](C)c1ccc(NC(=O)CSc2nnc3c4ccccc4n(CCc4ccccc4)c3n2)cc1. The van der Waals surface area contributed by atoms with Crippen molar-refractivity contribution in [2.45, 2.75) is 44.3 Å². The smallest absolute Gasteiger partial charge is 0.234 e. The standard InChI is InChI=1S/C29H29N5OS/c1-3-20(2)22-13-15-23(16-14-22)30-26(35)19-36-29-31-28-27(32-33-29)24-11-7-8-12-25(24)34(28)18-17-21-9-5-4-6-10-21/h4-16,20H,3,17-19H2,1-2H3,(H,30,35)/t20-/m0/s1. The maximum absolute atomic E-state index is 12.6. The summed E-state index contributed by atoms with van der Waals surface area (Å²) >= 11 is 1.30. The van der Waals surface area contributed by atoms with Crippen LogP contribution in [0, 0.1) is 0 Å². The molecule has 0 saturated carbocycles. The van der Waals surface area contributed by atoms with Crippen molar-refractivity contribution >= 4 is 45.4 Å². The number of nitrogens with zero attached hydrogens (tertiary/aromatic N) is 4. The van der Waals surface area contributed by atoms with E-state index in [1.165, 1.54) is 22.9 Å². The average Bonchev–Trinajstić information content (AvgIpc) is 3.24. The van der Waals surface area contributed by atoms with Crippen LogP contribution >= 0.6 is 11.8 Å². The number of nitrogens with one attached hydrogen (secondary N) is 1. The van der Waals surface area contributed by atoms with Gasteiger partial charge in [-0.2, -0.15) is 0 Å². The van der Waals surface area contributed by atoms with Gasteiger partial charge in [-0.25, -0.2) is 4.98 Å². The number of thioether (sulfide) groups is 1. The molecule has 0 saturated heterocycles. The molecule has 1 atom stereocenters. The largest absolute Gasteiger partial charge is 0.325 e. The molecule has 0 fully saturated rings. The summed E-state index contributed by atoms with van der Waals surface area (Å²) in [6, 6.07) is 26.7. The van der Waals surface area contributed by atoms with Crippen LogP contribution in [-0.2, 0) is 17.8 Å². The molecule has 7 heteroatoms. The van der Waals surface area contributed by atoms with E-state index >= 15 is 0 Å². The zero-order chi connectivity index (χ0) is 24.9. The van der Waals surface area contributed by atoms with Crippen LogP contribution in [0.4, 0.5) is 5.69 Å². The van der Waals surface area contributed by atoms with Crippen molar-refractivity contribution in [2.24, 2.45) is 0 Å². The molecule has 0 aliphatic heterocycles. The van der Waals surface area contributed by atoms with Gasteiger partial charge >= 0.3 is 0 Å². The number of fused-ring (bicyclic) bond motifs is 3. The summed E-state index contributed by atoms with van der Waals surface area (Å²) in [4.78, 5) is 17.4. The Morgan fingerprint density at radius 1 is 0.972 bits per heavy atom. The van der Waals surface area contributed by atoms with E-state index in [0.29, 0.717) is 11.1 Å². The van der Waals surface area contributed by atoms with Gasteiger partial charge in [0.15, 0.2) is 5.65 Å². The van der Waals surface area contributed by atoms with E-state index in [2.05, 4.69) is 82.5 Å². The minimum absolute atomic E-state index is 0.0930. The fourth-order valence-corrected chi connectivity index (χ4v) is 4.90. The first kappa shape index (κ1) is 24.0. The normalized spacial score (nSPS) is 12.2. The first-order valence-corrected chi connectivity index (χ1v) is 13.3. The predicted octanol–water partition coefficient (Wildman–Crippen LogP) is 6.47. The third-order valence-electron chi connectivity index (χ3n) is 6.53. The number of carbonyl (C=O) groups is 1. The van der Waals surface area contributed by atoms with E-state index in [0.717, 1.165) is 47.1 Å². The molecule has 0 bridgehead atoms. The Bertz CT molecular complexity index is 1480. The molecular weight excluding hydrogens is 466 g/mol. The van der Waals surface area contributed by atoms with Crippen LogP contribution < -0.4 is 5.32 Å². The van der Waals surface area contributed by atoms with Gasteiger partial charge in [0.05, 0.1) is 11.3 Å². The van der Waals surface area contributed by atoms with Gasteiger partial charge in [0.2, 0.25) is 11.1 Å². The second-order valence-corrected chi connectivity index (χ2v) is 9.88. The Morgan fingerprint density at radius 2 is 1.72 bits per heavy atom. The van der Waals surface area contributed by atoms with E-state index in [-0.39, 0.29) is 11.7 Å². The minimum Gasteiger partial charge on any atom is -0.325 e. The predicted molar refractivity (Wildman–Crippen MR) is 147 cm³/mol. The van der Waals surface area contributed by atoms with E-state index in [4.69, 9.17) is 4.98 Å². The second kappa shape index (κ2) is 10.9. The lowest BCUT2D eigenvalue weighted by atomic mass is 9.99. The Balaban J connectivity index is 1.31. The summed E-state index contributed by atoms with van der Waals surface area (Å²) in [6.45, 7) is 5.16. The summed E-state index contributed by atoms with van der Waals surface area (Å²) < 4.78 is 2.20. The molecule has 2 aromatic heterocycles. The molecule has 0 spiro atoms. The molecule has 5 rings (SSSR count). The van der Waals surface area contributed by atoms with Crippen molar-refractivity contribution in [3.63, 3.8) is 0 Å². The van der Waals surface area contributed by atoms with Crippen molar-refractivity contribution in [2.75, 3.05) is 11.1 Å². The lowest BCUT2D eigenvalue weighted by Crippen LogP contribution is -2.14. The van der Waals surface area contributed by atoms with Gasteiger partial charge in [-0.15, -0.1) is 10.2 Å². The van der Waals surface area contributed by atoms with Crippen molar-refractivity contribution < 1.29 is 4.79 Å². The minimum atomic E-state index is -0.0930. The third-order valence-corrected chi connectivity index (χ3v) is 7.37. The number of amides is 1. The lowest BCUT2D eigenvalue weighted by Gasteiger charge is -2.10. The van der Waals surface area contributed by atoms with E-state index in [1.54, 1.807) is 0 Å². The average molecular weight is 496 g/mol. The van der Waals surface area contributed by atoms with Crippen LogP contribution in [0.3, 0.4) is 0 Å². The summed E-state index contributed by atoms with van der Waals surface area (Å²) in [5, 5.41) is 13.3. The van der Waals surface area contributed by atoms with Crippen LogP contribution in [0.25, 0.3) is 22.1 Å². The van der Waals surface area contributed by atoms with E-state index in [9.17, 15) is 4.79 Å². The van der Waals surface area contributed by atoms with Crippen LogP contribution in [-0.4, -0.2) is 31.4 Å². The molecule has 2 heterocycles. The lowest BCUT2D eigenvalue weighted by molar-refractivity contribution is -0.113.